The molecule has 0 aromatic carbocycles. The molecule has 1 aliphatic heterocycles. The second-order valence-corrected chi connectivity index (χ2v) is 4.03. The largest absolute Gasteiger partial charge is 0.481 e. The normalized spacial score (nSPS) is 26.4. The molecule has 3 N–H and O–H groups in total. The number of aliphatic carboxylic acids is 1. The second kappa shape index (κ2) is 5.81. The number of hydrogen-bond acceptors (Lipinski definition) is 5. The summed E-state index contributed by atoms with van der Waals surface area (Å²) in [6.45, 7) is 3.09. The molecule has 0 aliphatic carbocycles. The van der Waals surface area contributed by atoms with Crippen LogP contribution in [0.25, 0.3) is 0 Å². The molecule has 16 heavy (non-hydrogen) atoms. The average molecular weight is 230 g/mol. The third-order valence-corrected chi connectivity index (χ3v) is 2.57. The van der Waals surface area contributed by atoms with Crippen LogP contribution in [0.4, 0.5) is 0 Å². The van der Waals surface area contributed by atoms with E-state index in [1.165, 1.54) is 0 Å². The summed E-state index contributed by atoms with van der Waals surface area (Å²) in [4.78, 5) is 23.8. The highest BCUT2D eigenvalue weighted by Crippen LogP contribution is 2.15. The summed E-state index contributed by atoms with van der Waals surface area (Å²) in [5, 5.41) is 8.91. The molecule has 1 rings (SSSR count). The van der Waals surface area contributed by atoms with Gasteiger partial charge in [0.25, 0.3) is 0 Å². The van der Waals surface area contributed by atoms with Gasteiger partial charge < -0.3 is 15.6 Å². The van der Waals surface area contributed by atoms with Crippen LogP contribution < -0.4 is 5.73 Å². The maximum Gasteiger partial charge on any atom is 0.320 e. The first-order chi connectivity index (χ1) is 7.52. The van der Waals surface area contributed by atoms with Gasteiger partial charge in [-0.05, 0) is 13.3 Å². The zero-order valence-electron chi connectivity index (χ0n) is 9.39. The summed E-state index contributed by atoms with van der Waals surface area (Å²) in [7, 11) is 0. The molecule has 0 amide bonds. The van der Waals surface area contributed by atoms with Crippen LogP contribution in [0.5, 0.6) is 0 Å². The number of carbonyl (C=O) groups excluding carboxylic acids is 1. The maximum atomic E-state index is 11.2. The van der Waals surface area contributed by atoms with Gasteiger partial charge in [0, 0.05) is 19.1 Å². The highest BCUT2D eigenvalue weighted by Gasteiger charge is 2.30. The van der Waals surface area contributed by atoms with Gasteiger partial charge in [0.1, 0.15) is 0 Å². The van der Waals surface area contributed by atoms with Gasteiger partial charge in [0.05, 0.1) is 19.1 Å². The van der Waals surface area contributed by atoms with Crippen LogP contribution in [-0.2, 0) is 14.3 Å². The highest BCUT2D eigenvalue weighted by molar-refractivity contribution is 5.72. The van der Waals surface area contributed by atoms with Crippen LogP contribution in [0.3, 0.4) is 0 Å². The monoisotopic (exact) mass is 230 g/mol. The minimum Gasteiger partial charge on any atom is -0.481 e. The standard InChI is InChI=1S/C10H18N2O4/c1-2-16-9(13)6-12-4-7(10(14)15)3-8(11)5-12/h7-8H,2-6,11H2,1H3,(H,14,15). The smallest absolute Gasteiger partial charge is 0.320 e. The highest BCUT2D eigenvalue weighted by atomic mass is 16.5. The number of ether oxygens (including phenoxy) is 1. The Morgan fingerprint density at radius 3 is 2.75 bits per heavy atom. The van der Waals surface area contributed by atoms with Crippen molar-refractivity contribution in [1.29, 1.82) is 0 Å². The van der Waals surface area contributed by atoms with Crippen LogP contribution >= 0.6 is 0 Å². The van der Waals surface area contributed by atoms with Gasteiger partial charge in [0.15, 0.2) is 0 Å². The van der Waals surface area contributed by atoms with Crippen LogP contribution in [0.2, 0.25) is 0 Å². The van der Waals surface area contributed by atoms with Crippen LogP contribution in [0.1, 0.15) is 13.3 Å². The fourth-order valence-electron chi connectivity index (χ4n) is 1.93. The van der Waals surface area contributed by atoms with Crippen LogP contribution in [0.15, 0.2) is 0 Å². The Morgan fingerprint density at radius 2 is 2.19 bits per heavy atom. The van der Waals surface area contributed by atoms with E-state index >= 15 is 0 Å². The molecular formula is C10H18N2O4. The zero-order valence-corrected chi connectivity index (χ0v) is 9.39. The number of hydrogen-bond donors (Lipinski definition) is 2. The molecule has 0 aromatic rings. The molecule has 0 saturated carbocycles. The van der Waals surface area contributed by atoms with Gasteiger partial charge in [-0.1, -0.05) is 0 Å². The van der Waals surface area contributed by atoms with Crippen molar-refractivity contribution >= 4 is 11.9 Å². The predicted molar refractivity (Wildman–Crippen MR) is 56.8 cm³/mol. The lowest BCUT2D eigenvalue weighted by Gasteiger charge is -2.33. The number of esters is 1. The summed E-state index contributed by atoms with van der Waals surface area (Å²) in [5.41, 5.74) is 5.75. The Hall–Kier alpha value is -1.14. The molecule has 6 heteroatoms. The average Bonchev–Trinajstić information content (AvgIpc) is 2.16. The van der Waals surface area contributed by atoms with Crippen molar-refractivity contribution < 1.29 is 19.4 Å². The number of carboxylic acid groups (broad SMARTS) is 1. The fraction of sp³-hybridized carbons (Fsp3) is 0.800. The zero-order chi connectivity index (χ0) is 12.1. The summed E-state index contributed by atoms with van der Waals surface area (Å²) in [6.07, 6.45) is 0.467. The first-order valence-electron chi connectivity index (χ1n) is 5.39. The quantitative estimate of drug-likeness (QED) is 0.619. The summed E-state index contributed by atoms with van der Waals surface area (Å²) >= 11 is 0. The number of likely N-dealkylation sites (tertiary alicyclic amines) is 1. The Morgan fingerprint density at radius 1 is 1.50 bits per heavy atom. The Labute approximate surface area is 94.3 Å². The van der Waals surface area contributed by atoms with Crippen molar-refractivity contribution in [2.45, 2.75) is 19.4 Å². The fourth-order valence-corrected chi connectivity index (χ4v) is 1.93. The third kappa shape index (κ3) is 3.79. The first kappa shape index (κ1) is 12.9. The molecule has 0 aromatic heterocycles. The molecule has 0 radical (unpaired) electrons. The van der Waals surface area contributed by atoms with Gasteiger partial charge in [-0.25, -0.2) is 0 Å². The summed E-state index contributed by atoms with van der Waals surface area (Å²) < 4.78 is 4.81. The molecule has 2 atom stereocenters. The summed E-state index contributed by atoms with van der Waals surface area (Å²) in [5.74, 6) is -1.68. The van der Waals surface area contributed by atoms with Crippen molar-refractivity contribution in [3.8, 4) is 0 Å². The van der Waals surface area contributed by atoms with E-state index in [1.54, 1.807) is 11.8 Å². The number of piperidine rings is 1. The molecular weight excluding hydrogens is 212 g/mol. The molecule has 6 nitrogen and oxygen atoms in total. The Kier molecular flexibility index (Phi) is 4.70. The van der Waals surface area contributed by atoms with Gasteiger partial charge in [-0.15, -0.1) is 0 Å². The van der Waals surface area contributed by atoms with Gasteiger partial charge in [-0.2, -0.15) is 0 Å². The lowest BCUT2D eigenvalue weighted by molar-refractivity contribution is -0.149. The molecule has 1 aliphatic rings. The third-order valence-electron chi connectivity index (χ3n) is 2.57. The minimum atomic E-state index is -0.857. The summed E-state index contributed by atoms with van der Waals surface area (Å²) in [6, 6.07) is -0.190. The van der Waals surface area contributed by atoms with Crippen LogP contribution in [-0.4, -0.2) is 54.2 Å². The van der Waals surface area contributed by atoms with E-state index in [-0.39, 0.29) is 18.6 Å². The van der Waals surface area contributed by atoms with E-state index in [2.05, 4.69) is 0 Å². The van der Waals surface area contributed by atoms with E-state index in [1.807, 2.05) is 0 Å². The van der Waals surface area contributed by atoms with Gasteiger partial charge >= 0.3 is 11.9 Å². The van der Waals surface area contributed by atoms with E-state index in [4.69, 9.17) is 15.6 Å². The van der Waals surface area contributed by atoms with E-state index in [0.29, 0.717) is 26.1 Å². The maximum absolute atomic E-state index is 11.2. The van der Waals surface area contributed by atoms with Crippen molar-refractivity contribution in [2.24, 2.45) is 11.7 Å². The predicted octanol–water partition coefficient (Wildman–Crippen LogP) is -0.717. The lowest BCUT2D eigenvalue weighted by Crippen LogP contribution is -2.50. The molecule has 0 spiro atoms. The van der Waals surface area contributed by atoms with E-state index in [9.17, 15) is 9.59 Å². The topological polar surface area (TPSA) is 92.9 Å². The van der Waals surface area contributed by atoms with E-state index in [0.717, 1.165) is 0 Å². The van der Waals surface area contributed by atoms with Crippen molar-refractivity contribution in [2.75, 3.05) is 26.2 Å². The van der Waals surface area contributed by atoms with Gasteiger partial charge in [0.2, 0.25) is 0 Å². The number of carbonyl (C=O) groups is 2. The Balaban J connectivity index is 2.47. The van der Waals surface area contributed by atoms with Crippen LogP contribution in [0, 0.1) is 5.92 Å². The minimum absolute atomic E-state index is 0.116. The molecule has 1 heterocycles. The lowest BCUT2D eigenvalue weighted by atomic mass is 9.95. The second-order valence-electron chi connectivity index (χ2n) is 4.03. The number of carboxylic acids is 1. The van der Waals surface area contributed by atoms with E-state index < -0.39 is 11.9 Å². The molecule has 0 bridgehead atoms. The number of rotatable bonds is 4. The molecule has 1 fully saturated rings. The number of nitrogens with two attached hydrogens (primary N) is 1. The van der Waals surface area contributed by atoms with Gasteiger partial charge in [-0.3, -0.25) is 14.5 Å². The molecule has 1 saturated heterocycles. The molecule has 92 valence electrons. The molecule has 2 unspecified atom stereocenters. The SMILES string of the molecule is CCOC(=O)CN1CC(N)CC(C(=O)O)C1. The number of nitrogens with zero attached hydrogens (tertiary/aromatic N) is 1. The Bertz CT molecular complexity index is 270. The van der Waals surface area contributed by atoms with Crippen molar-refractivity contribution in [3.63, 3.8) is 0 Å². The first-order valence-corrected chi connectivity index (χ1v) is 5.39. The van der Waals surface area contributed by atoms with Crippen molar-refractivity contribution in [3.05, 3.63) is 0 Å². The van der Waals surface area contributed by atoms with Crippen molar-refractivity contribution in [1.82, 2.24) is 4.90 Å².